The van der Waals surface area contributed by atoms with Gasteiger partial charge in [0.2, 0.25) is 0 Å². The van der Waals surface area contributed by atoms with Gasteiger partial charge in [0.05, 0.1) is 6.10 Å². The van der Waals surface area contributed by atoms with E-state index in [1.165, 1.54) is 13.8 Å². The van der Waals surface area contributed by atoms with Crippen molar-refractivity contribution >= 4 is 5.78 Å². The van der Waals surface area contributed by atoms with Crippen molar-refractivity contribution in [2.75, 3.05) is 6.61 Å². The first-order valence-corrected chi connectivity index (χ1v) is 5.49. The van der Waals surface area contributed by atoms with Gasteiger partial charge >= 0.3 is 0 Å². The molecule has 4 nitrogen and oxygen atoms in total. The largest absolute Gasteiger partial charge is 0.491 e. The normalized spacial score (nSPS) is 13.2. The Morgan fingerprint density at radius 2 is 1.88 bits per heavy atom. The van der Waals surface area contributed by atoms with Crippen molar-refractivity contribution in [1.29, 1.82) is 0 Å². The van der Waals surface area contributed by atoms with Crippen molar-refractivity contribution < 1.29 is 19.7 Å². The zero-order chi connectivity index (χ0) is 13.1. The summed E-state index contributed by atoms with van der Waals surface area (Å²) in [5.41, 5.74) is -0.941. The molecule has 0 aliphatic heterocycles. The second-order valence-corrected chi connectivity index (χ2v) is 4.57. The van der Waals surface area contributed by atoms with Crippen molar-refractivity contribution in [3.8, 4) is 5.75 Å². The molecule has 0 saturated carbocycles. The predicted octanol–water partition coefficient (Wildman–Crippen LogP) is 1.40. The molecule has 17 heavy (non-hydrogen) atoms. The number of aliphatic hydroxyl groups excluding tert-OH is 1. The molecule has 0 heterocycles. The first kappa shape index (κ1) is 13.7. The fourth-order valence-electron chi connectivity index (χ4n) is 1.27. The van der Waals surface area contributed by atoms with E-state index in [1.807, 2.05) is 0 Å². The van der Waals surface area contributed by atoms with Gasteiger partial charge in [0.15, 0.2) is 5.78 Å². The van der Waals surface area contributed by atoms with E-state index in [0.29, 0.717) is 11.3 Å². The number of carbonyl (C=O) groups is 1. The number of hydrogen-bond donors (Lipinski definition) is 2. The molecule has 1 aromatic carbocycles. The van der Waals surface area contributed by atoms with Crippen LogP contribution in [-0.2, 0) is 0 Å². The van der Waals surface area contributed by atoms with Crippen LogP contribution in [0.4, 0.5) is 0 Å². The van der Waals surface area contributed by atoms with Crippen molar-refractivity contribution in [3.05, 3.63) is 29.8 Å². The lowest BCUT2D eigenvalue weighted by molar-refractivity contribution is 0.0488. The summed E-state index contributed by atoms with van der Waals surface area (Å²) in [5.74, 6) is 0.248. The van der Waals surface area contributed by atoms with Gasteiger partial charge in [0.1, 0.15) is 18.0 Å². The monoisotopic (exact) mass is 238 g/mol. The molecule has 0 aliphatic carbocycles. The Labute approximate surface area is 101 Å². The summed E-state index contributed by atoms with van der Waals surface area (Å²) in [6, 6.07) is 6.47. The molecule has 0 aromatic heterocycles. The minimum Gasteiger partial charge on any atom is -0.491 e. The van der Waals surface area contributed by atoms with Crippen LogP contribution in [-0.4, -0.2) is 34.3 Å². The SMILES string of the molecule is CC(O)COc1ccc(C(=O)C(C)(C)O)cc1. The Balaban J connectivity index is 2.71. The quantitative estimate of drug-likeness (QED) is 0.761. The van der Waals surface area contributed by atoms with Gasteiger partial charge in [0.25, 0.3) is 0 Å². The number of ketones is 1. The molecule has 1 atom stereocenters. The summed E-state index contributed by atoms with van der Waals surface area (Å²) in [6.45, 7) is 4.74. The van der Waals surface area contributed by atoms with E-state index in [9.17, 15) is 9.90 Å². The van der Waals surface area contributed by atoms with Crippen LogP contribution in [0.5, 0.6) is 5.75 Å². The molecule has 0 aliphatic rings. The number of Topliss-reactive ketones (excluding diaryl/α,β-unsaturated/α-hetero) is 1. The molecule has 1 rings (SSSR count). The van der Waals surface area contributed by atoms with Crippen molar-refractivity contribution in [3.63, 3.8) is 0 Å². The van der Waals surface area contributed by atoms with E-state index in [0.717, 1.165) is 0 Å². The van der Waals surface area contributed by atoms with Gasteiger partial charge in [-0.25, -0.2) is 0 Å². The number of hydrogen-bond acceptors (Lipinski definition) is 4. The van der Waals surface area contributed by atoms with E-state index >= 15 is 0 Å². The van der Waals surface area contributed by atoms with Crippen LogP contribution in [0.3, 0.4) is 0 Å². The van der Waals surface area contributed by atoms with Crippen LogP contribution >= 0.6 is 0 Å². The Kier molecular flexibility index (Phi) is 4.26. The van der Waals surface area contributed by atoms with Crippen LogP contribution in [0.1, 0.15) is 31.1 Å². The Morgan fingerprint density at radius 1 is 1.35 bits per heavy atom. The van der Waals surface area contributed by atoms with Gasteiger partial charge in [-0.3, -0.25) is 4.79 Å². The highest BCUT2D eigenvalue weighted by molar-refractivity contribution is 6.01. The molecule has 0 saturated heterocycles. The van der Waals surface area contributed by atoms with Crippen LogP contribution in [0.15, 0.2) is 24.3 Å². The minimum atomic E-state index is -1.37. The highest BCUT2D eigenvalue weighted by Gasteiger charge is 2.24. The number of ether oxygens (including phenoxy) is 1. The van der Waals surface area contributed by atoms with Crippen LogP contribution in [0.2, 0.25) is 0 Å². The summed E-state index contributed by atoms with van der Waals surface area (Å²) in [5, 5.41) is 18.6. The lowest BCUT2D eigenvalue weighted by Gasteiger charge is -2.15. The van der Waals surface area contributed by atoms with Gasteiger partial charge in [-0.1, -0.05) is 0 Å². The van der Waals surface area contributed by atoms with Gasteiger partial charge in [0, 0.05) is 5.56 Å². The summed E-state index contributed by atoms with van der Waals surface area (Å²) in [6.07, 6.45) is -0.535. The minimum absolute atomic E-state index is 0.207. The molecule has 0 spiro atoms. The first-order chi connectivity index (χ1) is 7.80. The Bertz CT molecular complexity index is 373. The number of aliphatic hydroxyl groups is 2. The fraction of sp³-hybridized carbons (Fsp3) is 0.462. The maximum atomic E-state index is 11.7. The maximum absolute atomic E-state index is 11.7. The Hall–Kier alpha value is -1.39. The Morgan fingerprint density at radius 3 is 2.29 bits per heavy atom. The van der Waals surface area contributed by atoms with E-state index in [2.05, 4.69) is 0 Å². The van der Waals surface area contributed by atoms with Crippen molar-refractivity contribution in [1.82, 2.24) is 0 Å². The second-order valence-electron chi connectivity index (χ2n) is 4.57. The molecule has 0 amide bonds. The van der Waals surface area contributed by atoms with Crippen LogP contribution < -0.4 is 4.74 Å². The van der Waals surface area contributed by atoms with Crippen molar-refractivity contribution in [2.45, 2.75) is 32.5 Å². The zero-order valence-corrected chi connectivity index (χ0v) is 10.3. The van der Waals surface area contributed by atoms with E-state index < -0.39 is 11.7 Å². The maximum Gasteiger partial charge on any atom is 0.193 e. The van der Waals surface area contributed by atoms with E-state index in [4.69, 9.17) is 9.84 Å². The van der Waals surface area contributed by atoms with Crippen molar-refractivity contribution in [2.24, 2.45) is 0 Å². The topological polar surface area (TPSA) is 66.8 Å². The standard InChI is InChI=1S/C13H18O4/c1-9(14)8-17-11-6-4-10(5-7-11)12(15)13(2,3)16/h4-7,9,14,16H,8H2,1-3H3. The van der Waals surface area contributed by atoms with Gasteiger partial charge < -0.3 is 14.9 Å². The number of benzene rings is 1. The molecule has 1 aromatic rings. The van der Waals surface area contributed by atoms with Gasteiger partial charge in [-0.15, -0.1) is 0 Å². The smallest absolute Gasteiger partial charge is 0.193 e. The number of carbonyl (C=O) groups excluding carboxylic acids is 1. The lowest BCUT2D eigenvalue weighted by atomic mass is 9.97. The van der Waals surface area contributed by atoms with Gasteiger partial charge in [-0.2, -0.15) is 0 Å². The third-order valence-corrected chi connectivity index (χ3v) is 2.16. The number of rotatable bonds is 5. The van der Waals surface area contributed by atoms with E-state index in [-0.39, 0.29) is 12.4 Å². The average molecular weight is 238 g/mol. The van der Waals surface area contributed by atoms with Crippen LogP contribution in [0, 0.1) is 0 Å². The fourth-order valence-corrected chi connectivity index (χ4v) is 1.27. The summed E-state index contributed by atoms with van der Waals surface area (Å²) in [4.78, 5) is 11.7. The van der Waals surface area contributed by atoms with E-state index in [1.54, 1.807) is 31.2 Å². The third-order valence-electron chi connectivity index (χ3n) is 2.16. The summed E-state index contributed by atoms with van der Waals surface area (Å²) >= 11 is 0. The lowest BCUT2D eigenvalue weighted by Crippen LogP contribution is -2.30. The van der Waals surface area contributed by atoms with Crippen LogP contribution in [0.25, 0.3) is 0 Å². The highest BCUT2D eigenvalue weighted by Crippen LogP contribution is 2.17. The molecular weight excluding hydrogens is 220 g/mol. The average Bonchev–Trinajstić information content (AvgIpc) is 2.25. The summed E-state index contributed by atoms with van der Waals surface area (Å²) in [7, 11) is 0. The molecule has 4 heteroatoms. The first-order valence-electron chi connectivity index (χ1n) is 5.49. The molecule has 94 valence electrons. The molecule has 2 N–H and O–H groups in total. The third kappa shape index (κ3) is 4.17. The molecule has 0 radical (unpaired) electrons. The molecule has 0 bridgehead atoms. The second kappa shape index (κ2) is 5.29. The molecule has 0 fully saturated rings. The summed E-state index contributed by atoms with van der Waals surface area (Å²) < 4.78 is 5.26. The molecule has 1 unspecified atom stereocenters. The zero-order valence-electron chi connectivity index (χ0n) is 10.3. The molecular formula is C13H18O4. The van der Waals surface area contributed by atoms with Gasteiger partial charge in [-0.05, 0) is 45.0 Å². The predicted molar refractivity (Wildman–Crippen MR) is 64.2 cm³/mol. The highest BCUT2D eigenvalue weighted by atomic mass is 16.5.